The molecule has 0 aliphatic heterocycles. The number of alkyl halides is 3. The van der Waals surface area contributed by atoms with Gasteiger partial charge in [0.05, 0.1) is 12.1 Å². The largest absolute Gasteiger partial charge is 0.416 e. The highest BCUT2D eigenvalue weighted by Gasteiger charge is 2.30. The van der Waals surface area contributed by atoms with E-state index in [-0.39, 0.29) is 5.91 Å². The summed E-state index contributed by atoms with van der Waals surface area (Å²) in [5.74, 6) is -0.00535. The summed E-state index contributed by atoms with van der Waals surface area (Å²) < 4.78 is 40.6. The highest BCUT2D eigenvalue weighted by Crippen LogP contribution is 2.29. The Hall–Kier alpha value is -2.50. The standard InChI is InChI=1S/C21H25F3N2O/c1-5-11-26(19(27)20(2,3)4)15-18-10-7-12-25(18)14-16-8-6-9-17(13-16)21(22,23)24/h5-10,12-13H,1,11,14-15H2,2-4H3. The van der Waals surface area contributed by atoms with E-state index in [0.29, 0.717) is 25.2 Å². The van der Waals surface area contributed by atoms with Crippen LogP contribution in [-0.2, 0) is 24.1 Å². The van der Waals surface area contributed by atoms with Crippen molar-refractivity contribution in [2.24, 2.45) is 5.41 Å². The van der Waals surface area contributed by atoms with E-state index in [0.717, 1.165) is 17.8 Å². The molecule has 27 heavy (non-hydrogen) atoms. The molecule has 1 amide bonds. The lowest BCUT2D eigenvalue weighted by molar-refractivity contribution is -0.139. The van der Waals surface area contributed by atoms with E-state index in [4.69, 9.17) is 0 Å². The molecule has 0 saturated carbocycles. The fourth-order valence-corrected chi connectivity index (χ4v) is 2.83. The van der Waals surface area contributed by atoms with Crippen LogP contribution in [0.4, 0.5) is 13.2 Å². The molecule has 0 spiro atoms. The molecule has 1 heterocycles. The average molecular weight is 378 g/mol. The van der Waals surface area contributed by atoms with Gasteiger partial charge in [0.15, 0.2) is 0 Å². The fraction of sp³-hybridized carbons (Fsp3) is 0.381. The van der Waals surface area contributed by atoms with Gasteiger partial charge in [-0.25, -0.2) is 0 Å². The Balaban J connectivity index is 2.22. The summed E-state index contributed by atoms with van der Waals surface area (Å²) in [7, 11) is 0. The monoisotopic (exact) mass is 378 g/mol. The minimum absolute atomic E-state index is 0.00535. The van der Waals surface area contributed by atoms with Crippen molar-refractivity contribution < 1.29 is 18.0 Å². The van der Waals surface area contributed by atoms with Gasteiger partial charge in [-0.1, -0.05) is 39.0 Å². The number of carbonyl (C=O) groups is 1. The minimum atomic E-state index is -4.37. The van der Waals surface area contributed by atoms with Crippen LogP contribution in [0.15, 0.2) is 55.3 Å². The topological polar surface area (TPSA) is 25.2 Å². The second-order valence-corrected chi connectivity index (χ2v) is 7.55. The maximum absolute atomic E-state index is 12.9. The van der Waals surface area contributed by atoms with Gasteiger partial charge in [0.1, 0.15) is 0 Å². The molecular formula is C21H25F3N2O. The van der Waals surface area contributed by atoms with E-state index in [9.17, 15) is 18.0 Å². The molecule has 0 bridgehead atoms. The summed E-state index contributed by atoms with van der Waals surface area (Å²) in [6.45, 7) is 10.4. The summed E-state index contributed by atoms with van der Waals surface area (Å²) in [4.78, 5) is 14.3. The molecule has 0 aliphatic carbocycles. The van der Waals surface area contributed by atoms with E-state index < -0.39 is 17.2 Å². The van der Waals surface area contributed by atoms with Crippen molar-refractivity contribution in [1.82, 2.24) is 9.47 Å². The van der Waals surface area contributed by atoms with Gasteiger partial charge < -0.3 is 9.47 Å². The third-order valence-corrected chi connectivity index (χ3v) is 4.16. The molecule has 0 aliphatic rings. The van der Waals surface area contributed by atoms with E-state index in [1.165, 1.54) is 6.07 Å². The molecule has 6 heteroatoms. The van der Waals surface area contributed by atoms with Crippen LogP contribution in [0.25, 0.3) is 0 Å². The van der Waals surface area contributed by atoms with Crippen LogP contribution in [0.3, 0.4) is 0 Å². The second-order valence-electron chi connectivity index (χ2n) is 7.55. The maximum Gasteiger partial charge on any atom is 0.416 e. The summed E-state index contributed by atoms with van der Waals surface area (Å²) in [5, 5.41) is 0. The Kier molecular flexibility index (Phi) is 6.19. The number of halogens is 3. The Bertz CT molecular complexity index is 800. The predicted octanol–water partition coefficient (Wildman–Crippen LogP) is 5.12. The molecule has 2 aromatic rings. The molecule has 0 unspecified atom stereocenters. The highest BCUT2D eigenvalue weighted by molar-refractivity contribution is 5.81. The number of nitrogens with zero attached hydrogens (tertiary/aromatic N) is 2. The molecule has 0 atom stereocenters. The van der Waals surface area contributed by atoms with E-state index in [1.54, 1.807) is 17.0 Å². The molecule has 1 aromatic heterocycles. The van der Waals surface area contributed by atoms with Crippen molar-refractivity contribution in [3.63, 3.8) is 0 Å². The van der Waals surface area contributed by atoms with Gasteiger partial charge in [0, 0.05) is 30.4 Å². The van der Waals surface area contributed by atoms with Gasteiger partial charge in [-0.05, 0) is 29.8 Å². The quantitative estimate of drug-likeness (QED) is 0.641. The molecule has 0 radical (unpaired) electrons. The number of rotatable bonds is 6. The molecule has 146 valence electrons. The normalized spacial score (nSPS) is 12.1. The molecule has 1 aromatic carbocycles. The highest BCUT2D eigenvalue weighted by atomic mass is 19.4. The van der Waals surface area contributed by atoms with Crippen molar-refractivity contribution in [1.29, 1.82) is 0 Å². The van der Waals surface area contributed by atoms with Crippen LogP contribution in [-0.4, -0.2) is 21.9 Å². The number of benzene rings is 1. The Morgan fingerprint density at radius 3 is 2.48 bits per heavy atom. The zero-order valence-electron chi connectivity index (χ0n) is 15.9. The predicted molar refractivity (Wildman–Crippen MR) is 100 cm³/mol. The SMILES string of the molecule is C=CCN(Cc1cccn1Cc1cccc(C(F)(F)F)c1)C(=O)C(C)(C)C. The first-order valence-corrected chi connectivity index (χ1v) is 8.73. The van der Waals surface area contributed by atoms with Crippen molar-refractivity contribution in [3.8, 4) is 0 Å². The number of hydrogen-bond donors (Lipinski definition) is 0. The molecule has 0 fully saturated rings. The smallest absolute Gasteiger partial charge is 0.345 e. The second kappa shape index (κ2) is 8.03. The molecule has 2 rings (SSSR count). The lowest BCUT2D eigenvalue weighted by Gasteiger charge is -2.29. The van der Waals surface area contributed by atoms with Crippen LogP contribution in [0.1, 0.15) is 37.6 Å². The number of aromatic nitrogens is 1. The van der Waals surface area contributed by atoms with Crippen LogP contribution in [0.2, 0.25) is 0 Å². The van der Waals surface area contributed by atoms with Crippen molar-refractivity contribution in [3.05, 3.63) is 72.1 Å². The first-order chi connectivity index (χ1) is 12.5. The fourth-order valence-electron chi connectivity index (χ4n) is 2.83. The number of carbonyl (C=O) groups excluding carboxylic acids is 1. The zero-order chi connectivity index (χ0) is 20.2. The summed E-state index contributed by atoms with van der Waals surface area (Å²) in [6.07, 6.45) is -0.887. The number of amides is 1. The van der Waals surface area contributed by atoms with Crippen LogP contribution in [0, 0.1) is 5.41 Å². The number of hydrogen-bond acceptors (Lipinski definition) is 1. The third-order valence-electron chi connectivity index (χ3n) is 4.16. The van der Waals surface area contributed by atoms with Crippen molar-refractivity contribution in [2.45, 2.75) is 40.0 Å². The van der Waals surface area contributed by atoms with Crippen LogP contribution in [0.5, 0.6) is 0 Å². The van der Waals surface area contributed by atoms with Crippen LogP contribution < -0.4 is 0 Å². The Labute approximate surface area is 158 Å². The zero-order valence-corrected chi connectivity index (χ0v) is 15.9. The lowest BCUT2D eigenvalue weighted by atomic mass is 9.94. The third kappa shape index (κ3) is 5.49. The molecule has 0 saturated heterocycles. The van der Waals surface area contributed by atoms with Gasteiger partial charge in [-0.2, -0.15) is 13.2 Å². The van der Waals surface area contributed by atoms with E-state index in [2.05, 4.69) is 6.58 Å². The Morgan fingerprint density at radius 1 is 1.19 bits per heavy atom. The average Bonchev–Trinajstić information content (AvgIpc) is 2.99. The summed E-state index contributed by atoms with van der Waals surface area (Å²) in [5.41, 5.74) is 0.220. The van der Waals surface area contributed by atoms with Crippen molar-refractivity contribution in [2.75, 3.05) is 6.54 Å². The van der Waals surface area contributed by atoms with E-state index in [1.807, 2.05) is 43.7 Å². The van der Waals surface area contributed by atoms with E-state index >= 15 is 0 Å². The maximum atomic E-state index is 12.9. The molecular weight excluding hydrogens is 353 g/mol. The molecule has 3 nitrogen and oxygen atoms in total. The van der Waals surface area contributed by atoms with Crippen LogP contribution >= 0.6 is 0 Å². The first kappa shape index (κ1) is 20.8. The van der Waals surface area contributed by atoms with Gasteiger partial charge in [0.2, 0.25) is 5.91 Å². The summed E-state index contributed by atoms with van der Waals surface area (Å²) in [6, 6.07) is 9.00. The van der Waals surface area contributed by atoms with Gasteiger partial charge in [-0.15, -0.1) is 6.58 Å². The summed E-state index contributed by atoms with van der Waals surface area (Å²) >= 11 is 0. The van der Waals surface area contributed by atoms with Gasteiger partial charge in [0.25, 0.3) is 0 Å². The lowest BCUT2D eigenvalue weighted by Crippen LogP contribution is -2.39. The minimum Gasteiger partial charge on any atom is -0.345 e. The Morgan fingerprint density at radius 2 is 1.89 bits per heavy atom. The first-order valence-electron chi connectivity index (χ1n) is 8.73. The van der Waals surface area contributed by atoms with Crippen molar-refractivity contribution >= 4 is 5.91 Å². The van der Waals surface area contributed by atoms with Gasteiger partial charge in [-0.3, -0.25) is 4.79 Å². The van der Waals surface area contributed by atoms with Gasteiger partial charge >= 0.3 is 6.18 Å². The molecule has 0 N–H and O–H groups in total.